The molecule has 0 saturated carbocycles. The zero-order valence-corrected chi connectivity index (χ0v) is 27.9. The van der Waals surface area contributed by atoms with Crippen LogP contribution >= 0.6 is 0 Å². The number of aromatic nitrogens is 1. The molecule has 5 amide bonds. The average Bonchev–Trinajstić information content (AvgIpc) is 3.49. The number of hydrogen-bond acceptors (Lipinski definition) is 9. The van der Waals surface area contributed by atoms with Crippen LogP contribution in [0, 0.1) is 0 Å². The van der Waals surface area contributed by atoms with Crippen molar-refractivity contribution in [1.82, 2.24) is 31.6 Å². The molecule has 2 heterocycles. The number of nitrogens with one attached hydrogen (secondary N) is 6. The molecule has 0 bridgehead atoms. The second kappa shape index (κ2) is 19.3. The number of para-hydroxylation sites is 1. The summed E-state index contributed by atoms with van der Waals surface area (Å²) in [6, 6.07) is 0.285. The summed E-state index contributed by atoms with van der Waals surface area (Å²) in [5, 5.41) is 32.9. The van der Waals surface area contributed by atoms with Gasteiger partial charge in [0.05, 0.1) is 6.61 Å². The van der Waals surface area contributed by atoms with E-state index in [-0.39, 0.29) is 63.5 Å². The number of aliphatic hydroxyl groups is 1. The minimum Gasteiger partial charge on any atom is -0.481 e. The molecule has 20 heteroatoms. The Labute approximate surface area is 292 Å². The number of carboxylic acids is 1. The van der Waals surface area contributed by atoms with E-state index < -0.39 is 78.7 Å². The lowest BCUT2D eigenvalue weighted by Crippen LogP contribution is -2.59. The number of aliphatic imine (C=N–C) groups is 2. The summed E-state index contributed by atoms with van der Waals surface area (Å²) in [6.07, 6.45) is 1.01. The van der Waals surface area contributed by atoms with Crippen LogP contribution in [0.4, 0.5) is 0 Å². The molecule has 1 fully saturated rings. The van der Waals surface area contributed by atoms with Crippen LogP contribution in [0.1, 0.15) is 44.1 Å². The number of aromatic amines is 1. The van der Waals surface area contributed by atoms with E-state index >= 15 is 0 Å². The summed E-state index contributed by atoms with van der Waals surface area (Å²) >= 11 is 0. The minimum absolute atomic E-state index is 0.0257. The number of hydrogen-bond donors (Lipinski definition) is 12. The average molecular weight is 715 g/mol. The van der Waals surface area contributed by atoms with Crippen molar-refractivity contribution in [1.29, 1.82) is 0 Å². The minimum atomic E-state index is -1.56. The van der Waals surface area contributed by atoms with Crippen molar-refractivity contribution in [3.05, 3.63) is 36.0 Å². The summed E-state index contributed by atoms with van der Waals surface area (Å²) in [6.45, 7) is -0.702. The molecule has 0 aliphatic carbocycles. The molecule has 1 aromatic carbocycles. The number of nitrogens with two attached hydrogens (primary N) is 4. The van der Waals surface area contributed by atoms with E-state index in [1.54, 1.807) is 12.3 Å². The van der Waals surface area contributed by atoms with Crippen LogP contribution in [0.2, 0.25) is 0 Å². The number of benzene rings is 1. The van der Waals surface area contributed by atoms with Crippen molar-refractivity contribution >= 4 is 58.3 Å². The highest BCUT2D eigenvalue weighted by molar-refractivity contribution is 5.98. The van der Waals surface area contributed by atoms with Crippen LogP contribution in [0.5, 0.6) is 0 Å². The van der Waals surface area contributed by atoms with Crippen LogP contribution in [0.3, 0.4) is 0 Å². The number of carbonyl (C=O) groups is 6. The van der Waals surface area contributed by atoms with Crippen molar-refractivity contribution in [2.75, 3.05) is 19.7 Å². The van der Waals surface area contributed by atoms with Gasteiger partial charge in [0.2, 0.25) is 29.5 Å². The monoisotopic (exact) mass is 714 g/mol. The quantitative estimate of drug-likeness (QED) is 0.0508. The third-order valence-electron chi connectivity index (χ3n) is 7.98. The smallest absolute Gasteiger partial charge is 0.303 e. The maximum absolute atomic E-state index is 13.9. The number of aliphatic carboxylic acids is 1. The molecule has 0 unspecified atom stereocenters. The number of nitrogens with zero attached hydrogens (tertiary/aromatic N) is 2. The fraction of sp³-hybridized carbons (Fsp3) is 0.484. The van der Waals surface area contributed by atoms with Crippen molar-refractivity contribution in [2.45, 2.75) is 75.2 Å². The molecule has 0 radical (unpaired) electrons. The normalized spacial score (nSPS) is 21.9. The number of aliphatic hydroxyl groups excluding tert-OH is 1. The molecule has 278 valence electrons. The van der Waals surface area contributed by atoms with Crippen LogP contribution in [-0.4, -0.2) is 113 Å². The first kappa shape index (κ1) is 39.5. The number of carboxylic acid groups (broad SMARTS) is 1. The Kier molecular flexibility index (Phi) is 15.0. The predicted octanol–water partition coefficient (Wildman–Crippen LogP) is -3.89. The van der Waals surface area contributed by atoms with Gasteiger partial charge in [-0.1, -0.05) is 18.2 Å². The highest BCUT2D eigenvalue weighted by atomic mass is 16.4. The van der Waals surface area contributed by atoms with Crippen molar-refractivity contribution in [2.24, 2.45) is 32.9 Å². The molecule has 1 saturated heterocycles. The van der Waals surface area contributed by atoms with Gasteiger partial charge in [-0.25, -0.2) is 0 Å². The zero-order valence-electron chi connectivity index (χ0n) is 27.9. The van der Waals surface area contributed by atoms with Gasteiger partial charge >= 0.3 is 5.97 Å². The van der Waals surface area contributed by atoms with E-state index in [9.17, 15) is 39.0 Å². The van der Waals surface area contributed by atoms with Crippen LogP contribution in [0.15, 0.2) is 40.4 Å². The number of H-pyrrole nitrogens is 1. The Morgan fingerprint density at radius 1 is 0.667 bits per heavy atom. The highest BCUT2D eigenvalue weighted by Crippen LogP contribution is 2.19. The Bertz CT molecular complexity index is 1620. The molecule has 1 aromatic heterocycles. The second-order valence-electron chi connectivity index (χ2n) is 11.9. The number of amides is 5. The number of carbonyl (C=O) groups excluding carboxylic acids is 5. The van der Waals surface area contributed by atoms with Gasteiger partial charge in [0, 0.05) is 43.0 Å². The molecule has 0 spiro atoms. The third-order valence-corrected chi connectivity index (χ3v) is 7.98. The maximum atomic E-state index is 13.9. The Morgan fingerprint density at radius 2 is 1.12 bits per heavy atom. The lowest BCUT2D eigenvalue weighted by Gasteiger charge is -2.25. The van der Waals surface area contributed by atoms with Crippen molar-refractivity contribution in [3.63, 3.8) is 0 Å². The van der Waals surface area contributed by atoms with E-state index in [0.29, 0.717) is 5.56 Å². The molecule has 2 aromatic rings. The van der Waals surface area contributed by atoms with Gasteiger partial charge in [0.25, 0.3) is 0 Å². The van der Waals surface area contributed by atoms with E-state index in [1.165, 1.54) is 0 Å². The van der Waals surface area contributed by atoms with Crippen LogP contribution in [0.25, 0.3) is 10.9 Å². The Balaban J connectivity index is 2.04. The maximum Gasteiger partial charge on any atom is 0.303 e. The van der Waals surface area contributed by atoms with Gasteiger partial charge in [-0.15, -0.1) is 0 Å². The molecular weight excluding hydrogens is 668 g/mol. The number of rotatable bonds is 14. The lowest BCUT2D eigenvalue weighted by molar-refractivity contribution is -0.138. The molecule has 5 atom stereocenters. The summed E-state index contributed by atoms with van der Waals surface area (Å²) < 4.78 is 0. The molecular formula is C31H46N12O8. The van der Waals surface area contributed by atoms with E-state index in [4.69, 9.17) is 22.9 Å². The summed E-state index contributed by atoms with van der Waals surface area (Å²) in [4.78, 5) is 90.5. The predicted molar refractivity (Wildman–Crippen MR) is 185 cm³/mol. The first-order chi connectivity index (χ1) is 24.3. The molecule has 1 aliphatic heterocycles. The Hall–Kier alpha value is -5.92. The zero-order chi connectivity index (χ0) is 37.5. The van der Waals surface area contributed by atoms with Gasteiger partial charge in [-0.3, -0.25) is 38.8 Å². The van der Waals surface area contributed by atoms with Crippen LogP contribution in [-0.2, 0) is 35.2 Å². The fourth-order valence-corrected chi connectivity index (χ4v) is 5.37. The summed E-state index contributed by atoms with van der Waals surface area (Å²) in [7, 11) is 0. The van der Waals surface area contributed by atoms with Gasteiger partial charge in [-0.2, -0.15) is 0 Å². The van der Waals surface area contributed by atoms with Gasteiger partial charge < -0.3 is 64.7 Å². The first-order valence-corrected chi connectivity index (χ1v) is 16.3. The first-order valence-electron chi connectivity index (χ1n) is 16.3. The van der Waals surface area contributed by atoms with Crippen molar-refractivity contribution in [3.8, 4) is 0 Å². The lowest BCUT2D eigenvalue weighted by atomic mass is 10.0. The SMILES string of the molecule is NC(N)=NCCC[C@@H]1NC(=O)[C@H](CCC(=O)O)NC(=O)[C@H](CCCN=C(N)N)NC(=O)[C@H](Cc2c[nH]c3ccccc23)NC(=O)[C@H](CO)NC1=O. The largest absolute Gasteiger partial charge is 0.481 e. The topological polar surface area (TPSA) is 348 Å². The van der Waals surface area contributed by atoms with Gasteiger partial charge in [0.1, 0.15) is 30.2 Å². The number of fused-ring (bicyclic) bond motifs is 1. The van der Waals surface area contributed by atoms with Crippen molar-refractivity contribution < 1.29 is 39.0 Å². The molecule has 20 nitrogen and oxygen atoms in total. The van der Waals surface area contributed by atoms with E-state index in [2.05, 4.69) is 41.6 Å². The highest BCUT2D eigenvalue weighted by Gasteiger charge is 2.34. The Morgan fingerprint density at radius 3 is 1.63 bits per heavy atom. The van der Waals surface area contributed by atoms with Gasteiger partial charge in [-0.05, 0) is 43.7 Å². The molecule has 16 N–H and O–H groups in total. The van der Waals surface area contributed by atoms with E-state index in [1.807, 2.05) is 18.2 Å². The standard InChI is InChI=1S/C31H46N12O8/c32-30(33)36-11-3-7-19-25(47)41-21(9-10-24(45)46)27(49)39-20(8-4-12-37-31(34)35)26(48)43-23(15-44)29(51)42-22(28(50)40-19)13-16-14-38-18-6-2-1-5-17(16)18/h1-2,5-6,14,19-23,38,44H,3-4,7-13,15H2,(H,39,49)(H,40,50)(H,41,47)(H,42,51)(H,43,48)(H,45,46)(H4,32,33,36)(H4,34,35,37)/t19-,20-,21-,22-,23-/m0/s1. The van der Waals surface area contributed by atoms with Gasteiger partial charge in [0.15, 0.2) is 11.9 Å². The van der Waals surface area contributed by atoms with E-state index in [0.717, 1.165) is 10.9 Å². The third kappa shape index (κ3) is 12.5. The number of guanidine groups is 2. The molecule has 51 heavy (non-hydrogen) atoms. The van der Waals surface area contributed by atoms with Crippen LogP contribution < -0.4 is 49.5 Å². The summed E-state index contributed by atoms with van der Waals surface area (Å²) in [5.74, 6) is -5.98. The summed E-state index contributed by atoms with van der Waals surface area (Å²) in [5.41, 5.74) is 23.0. The fourth-order valence-electron chi connectivity index (χ4n) is 5.37. The molecule has 1 aliphatic rings. The molecule has 3 rings (SSSR count). The second-order valence-corrected chi connectivity index (χ2v) is 11.9.